The Balaban J connectivity index is 1.47. The molecule has 2 aromatic carbocycles. The molecule has 6 rings (SSSR count). The van der Waals surface area contributed by atoms with E-state index in [1.54, 1.807) is 51.2 Å². The van der Waals surface area contributed by atoms with Crippen molar-refractivity contribution in [1.29, 1.82) is 0 Å². The van der Waals surface area contributed by atoms with Crippen molar-refractivity contribution in [2.45, 2.75) is 38.8 Å². The number of ether oxygens (including phenoxy) is 1. The van der Waals surface area contributed by atoms with E-state index in [-0.39, 0.29) is 35.2 Å². The Kier molecular flexibility index (Phi) is 6.05. The first-order valence-electron chi connectivity index (χ1n) is 12.9. The monoisotopic (exact) mass is 557 g/mol. The predicted octanol–water partition coefficient (Wildman–Crippen LogP) is 3.99. The number of carbonyl (C=O) groups excluding carboxylic acids is 5. The first-order chi connectivity index (χ1) is 19.5. The first kappa shape index (κ1) is 26.1. The van der Waals surface area contributed by atoms with Gasteiger partial charge in [-0.3, -0.25) is 39.3 Å². The number of aromatic nitrogens is 1. The van der Waals surface area contributed by atoms with Gasteiger partial charge in [0, 0.05) is 41.5 Å². The zero-order chi connectivity index (χ0) is 29.2. The van der Waals surface area contributed by atoms with E-state index >= 15 is 4.39 Å². The number of benzene rings is 2. The molecule has 208 valence electrons. The number of fused-ring (bicyclic) bond motifs is 2. The molecule has 4 heterocycles. The molecule has 11 nitrogen and oxygen atoms in total. The molecular formula is C29H24FN5O6. The normalized spacial score (nSPS) is 20.0. The minimum Gasteiger partial charge on any atom is -0.441 e. The third kappa shape index (κ3) is 4.19. The largest absolute Gasteiger partial charge is 0.441 e. The Hall–Kier alpha value is -5.13. The summed E-state index contributed by atoms with van der Waals surface area (Å²) < 4.78 is 20.6. The van der Waals surface area contributed by atoms with Crippen LogP contribution < -0.4 is 15.5 Å². The lowest BCUT2D eigenvalue weighted by Gasteiger charge is -2.31. The number of amides is 5. The van der Waals surface area contributed by atoms with Crippen molar-refractivity contribution in [3.63, 3.8) is 0 Å². The molecule has 0 saturated carbocycles. The van der Waals surface area contributed by atoms with E-state index in [2.05, 4.69) is 15.6 Å². The van der Waals surface area contributed by atoms with Crippen LogP contribution in [0.3, 0.4) is 0 Å². The Labute approximate surface area is 233 Å². The number of hydrogen-bond donors (Lipinski definition) is 2. The van der Waals surface area contributed by atoms with Crippen molar-refractivity contribution in [2.75, 3.05) is 17.3 Å². The van der Waals surface area contributed by atoms with Crippen molar-refractivity contribution in [1.82, 2.24) is 15.2 Å². The molecule has 2 atom stereocenters. The molecule has 3 aliphatic heterocycles. The van der Waals surface area contributed by atoms with Gasteiger partial charge in [0.2, 0.25) is 11.8 Å². The lowest BCUT2D eigenvalue weighted by molar-refractivity contribution is -0.136. The van der Waals surface area contributed by atoms with Crippen LogP contribution in [0.15, 0.2) is 42.6 Å². The molecule has 1 fully saturated rings. The Morgan fingerprint density at radius 2 is 1.80 bits per heavy atom. The molecular weight excluding hydrogens is 533 g/mol. The number of imide groups is 2. The Bertz CT molecular complexity index is 1710. The fraction of sp³-hybridized carbons (Fsp3) is 0.241. The van der Waals surface area contributed by atoms with Crippen LogP contribution >= 0.6 is 0 Å². The molecule has 0 unspecified atom stereocenters. The Morgan fingerprint density at radius 1 is 1.02 bits per heavy atom. The van der Waals surface area contributed by atoms with Crippen LogP contribution in [0.4, 0.5) is 26.2 Å². The number of aryl methyl sites for hydroxylation is 1. The van der Waals surface area contributed by atoms with Crippen LogP contribution in [0.2, 0.25) is 0 Å². The van der Waals surface area contributed by atoms with E-state index in [1.807, 2.05) is 0 Å². The fourth-order valence-corrected chi connectivity index (χ4v) is 5.45. The van der Waals surface area contributed by atoms with Gasteiger partial charge < -0.3 is 10.1 Å². The smallest absolute Gasteiger partial charge is 0.414 e. The lowest BCUT2D eigenvalue weighted by Crippen LogP contribution is -2.54. The number of pyridine rings is 1. The van der Waals surface area contributed by atoms with Gasteiger partial charge in [0.15, 0.2) is 0 Å². The molecule has 5 amide bonds. The summed E-state index contributed by atoms with van der Waals surface area (Å²) in [6.45, 7) is 3.44. The molecule has 1 aromatic heterocycles. The quantitative estimate of drug-likeness (QED) is 0.460. The summed E-state index contributed by atoms with van der Waals surface area (Å²) >= 11 is 0. The van der Waals surface area contributed by atoms with Crippen molar-refractivity contribution in [3.05, 3.63) is 70.8 Å². The maximum atomic E-state index is 15.1. The van der Waals surface area contributed by atoms with Gasteiger partial charge in [-0.15, -0.1) is 0 Å². The highest BCUT2D eigenvalue weighted by molar-refractivity contribution is 6.25. The molecule has 0 radical (unpaired) electrons. The van der Waals surface area contributed by atoms with Gasteiger partial charge in [0.25, 0.3) is 11.8 Å². The number of nitrogens with one attached hydrogen (secondary N) is 2. The van der Waals surface area contributed by atoms with Crippen LogP contribution in [0.5, 0.6) is 0 Å². The number of hydrogen-bond acceptors (Lipinski definition) is 8. The van der Waals surface area contributed by atoms with E-state index in [0.29, 0.717) is 28.2 Å². The SMILES string of the molecule is Cc1cc(-c2cc3c(cc2Nc2cccc4c2C(=O)N([C@H]2CCC(=O)NC2=O)C4=O)N(C)C(=O)O[C@H]3C)c(F)cn1. The predicted molar refractivity (Wildman–Crippen MR) is 144 cm³/mol. The summed E-state index contributed by atoms with van der Waals surface area (Å²) in [4.78, 5) is 69.7. The highest BCUT2D eigenvalue weighted by Crippen LogP contribution is 2.43. The maximum Gasteiger partial charge on any atom is 0.414 e. The fourth-order valence-electron chi connectivity index (χ4n) is 5.45. The van der Waals surface area contributed by atoms with Gasteiger partial charge in [-0.1, -0.05) is 6.07 Å². The average Bonchev–Trinajstić information content (AvgIpc) is 3.19. The molecule has 0 aliphatic carbocycles. The summed E-state index contributed by atoms with van der Waals surface area (Å²) in [7, 11) is 1.55. The third-order valence-electron chi connectivity index (χ3n) is 7.54. The number of nitrogens with zero attached hydrogens (tertiary/aromatic N) is 3. The number of anilines is 3. The van der Waals surface area contributed by atoms with Crippen LogP contribution in [0.25, 0.3) is 11.1 Å². The zero-order valence-corrected chi connectivity index (χ0v) is 22.3. The standard InChI is InChI=1S/C29H24FN5O6/c1-13-9-17(19(30)12-31-13)18-10-16-14(2)41-29(40)34(3)23(16)11-21(18)32-20-6-4-5-15-25(20)28(39)35(27(15)38)22-7-8-24(36)33-26(22)37/h4-6,9-12,14,22,32H,7-8H2,1-3H3,(H,33,36,37)/t14-,22-/m0/s1. The number of carbonyl (C=O) groups is 5. The number of cyclic esters (lactones) is 1. The maximum absolute atomic E-state index is 15.1. The third-order valence-corrected chi connectivity index (χ3v) is 7.54. The van der Waals surface area contributed by atoms with Gasteiger partial charge in [0.1, 0.15) is 18.0 Å². The molecule has 1 saturated heterocycles. The van der Waals surface area contributed by atoms with Crippen molar-refractivity contribution < 1.29 is 33.1 Å². The molecule has 0 spiro atoms. The molecule has 0 bridgehead atoms. The molecule has 3 aromatic rings. The second kappa shape index (κ2) is 9.51. The Morgan fingerprint density at radius 3 is 2.56 bits per heavy atom. The minimum atomic E-state index is -1.12. The highest BCUT2D eigenvalue weighted by atomic mass is 19.1. The average molecular weight is 558 g/mol. The van der Waals surface area contributed by atoms with Crippen molar-refractivity contribution >= 4 is 46.8 Å². The van der Waals surface area contributed by atoms with Gasteiger partial charge in [-0.2, -0.15) is 0 Å². The first-order valence-corrected chi connectivity index (χ1v) is 12.9. The number of rotatable bonds is 4. The van der Waals surface area contributed by atoms with E-state index < -0.39 is 47.7 Å². The van der Waals surface area contributed by atoms with Crippen LogP contribution in [0.1, 0.15) is 57.8 Å². The summed E-state index contributed by atoms with van der Waals surface area (Å²) in [6, 6.07) is 8.50. The molecule has 41 heavy (non-hydrogen) atoms. The summed E-state index contributed by atoms with van der Waals surface area (Å²) in [5, 5.41) is 5.37. The van der Waals surface area contributed by atoms with Crippen LogP contribution in [-0.4, -0.2) is 52.7 Å². The van der Waals surface area contributed by atoms with Gasteiger partial charge >= 0.3 is 6.09 Å². The van der Waals surface area contributed by atoms with E-state index in [9.17, 15) is 24.0 Å². The minimum absolute atomic E-state index is 0.00130. The van der Waals surface area contributed by atoms with Crippen LogP contribution in [0, 0.1) is 12.7 Å². The lowest BCUT2D eigenvalue weighted by atomic mass is 9.95. The van der Waals surface area contributed by atoms with Crippen molar-refractivity contribution in [3.8, 4) is 11.1 Å². The summed E-state index contributed by atoms with van der Waals surface area (Å²) in [6.07, 6.45) is -0.0250. The topological polar surface area (TPSA) is 138 Å². The van der Waals surface area contributed by atoms with E-state index in [0.717, 1.165) is 11.1 Å². The summed E-state index contributed by atoms with van der Waals surface area (Å²) in [5.74, 6) is -3.11. The van der Waals surface area contributed by atoms with E-state index in [4.69, 9.17) is 4.74 Å². The second-order valence-electron chi connectivity index (χ2n) is 10.1. The molecule has 2 N–H and O–H groups in total. The highest BCUT2D eigenvalue weighted by Gasteiger charge is 2.45. The van der Waals surface area contributed by atoms with Gasteiger partial charge in [-0.05, 0) is 50.6 Å². The van der Waals surface area contributed by atoms with Gasteiger partial charge in [-0.25, -0.2) is 9.18 Å². The van der Waals surface area contributed by atoms with E-state index in [1.165, 1.54) is 11.0 Å². The number of piperidine rings is 1. The van der Waals surface area contributed by atoms with Crippen LogP contribution in [-0.2, 0) is 14.3 Å². The number of halogens is 1. The van der Waals surface area contributed by atoms with Gasteiger partial charge in [0.05, 0.1) is 28.7 Å². The summed E-state index contributed by atoms with van der Waals surface area (Å²) in [5.41, 5.74) is 3.12. The molecule has 12 heteroatoms. The molecule has 3 aliphatic rings. The van der Waals surface area contributed by atoms with Crippen molar-refractivity contribution in [2.24, 2.45) is 0 Å². The zero-order valence-electron chi connectivity index (χ0n) is 22.3. The second-order valence-corrected chi connectivity index (χ2v) is 10.1.